The number of morpholine rings is 1. The molecule has 3 aromatic rings. The van der Waals surface area contributed by atoms with E-state index in [-0.39, 0.29) is 11.7 Å². The molecule has 10 heteroatoms. The van der Waals surface area contributed by atoms with Gasteiger partial charge in [-0.1, -0.05) is 6.07 Å². The molecule has 1 aliphatic rings. The Morgan fingerprint density at radius 3 is 2.71 bits per heavy atom. The minimum Gasteiger partial charge on any atom is -0.406 e. The van der Waals surface area contributed by atoms with Gasteiger partial charge in [-0.05, 0) is 31.2 Å². The van der Waals surface area contributed by atoms with Crippen molar-refractivity contribution in [1.82, 2.24) is 14.9 Å². The number of alkyl halides is 3. The number of nitrogens with zero attached hydrogens (tertiary/aromatic N) is 3. The summed E-state index contributed by atoms with van der Waals surface area (Å²) in [6.07, 6.45) is -3.37. The first-order valence-electron chi connectivity index (χ1n) is 9.56. The maximum atomic E-state index is 13.2. The summed E-state index contributed by atoms with van der Waals surface area (Å²) in [4.78, 5) is 23.5. The van der Waals surface area contributed by atoms with Crippen molar-refractivity contribution >= 4 is 28.3 Å². The van der Waals surface area contributed by atoms with Crippen molar-refractivity contribution in [3.8, 4) is 5.75 Å². The third kappa shape index (κ3) is 4.85. The third-order valence-corrected chi connectivity index (χ3v) is 4.73. The molecule has 1 N–H and O–H groups in total. The maximum absolute atomic E-state index is 13.2. The first kappa shape index (κ1) is 20.9. The molecule has 4 rings (SSSR count). The van der Waals surface area contributed by atoms with Crippen LogP contribution in [0.3, 0.4) is 0 Å². The Bertz CT molecular complexity index is 1110. The fraction of sp³-hybridized carbons (Fsp3) is 0.286. The Labute approximate surface area is 175 Å². The fourth-order valence-electron chi connectivity index (χ4n) is 3.32. The quantitative estimate of drug-likeness (QED) is 0.670. The Kier molecular flexibility index (Phi) is 5.64. The number of hydrogen-bond acceptors (Lipinski definition) is 6. The van der Waals surface area contributed by atoms with E-state index in [4.69, 9.17) is 4.74 Å². The van der Waals surface area contributed by atoms with E-state index in [1.165, 1.54) is 24.4 Å². The third-order valence-electron chi connectivity index (χ3n) is 4.73. The van der Waals surface area contributed by atoms with Crippen LogP contribution in [0.5, 0.6) is 5.75 Å². The van der Waals surface area contributed by atoms with Crippen LogP contribution in [0.2, 0.25) is 0 Å². The predicted octanol–water partition coefficient (Wildman–Crippen LogP) is 4.05. The largest absolute Gasteiger partial charge is 0.573 e. The molecule has 1 saturated heterocycles. The van der Waals surface area contributed by atoms with Gasteiger partial charge in [-0.3, -0.25) is 4.79 Å². The smallest absolute Gasteiger partial charge is 0.406 e. The summed E-state index contributed by atoms with van der Waals surface area (Å²) in [7, 11) is 0. The Hall–Kier alpha value is -3.40. The van der Waals surface area contributed by atoms with Gasteiger partial charge in [-0.2, -0.15) is 0 Å². The average molecular weight is 432 g/mol. The van der Waals surface area contributed by atoms with Crippen LogP contribution in [0.4, 0.5) is 24.5 Å². The number of rotatable bonds is 4. The van der Waals surface area contributed by atoms with Gasteiger partial charge >= 0.3 is 6.36 Å². The van der Waals surface area contributed by atoms with Crippen molar-refractivity contribution in [3.05, 3.63) is 53.9 Å². The summed E-state index contributed by atoms with van der Waals surface area (Å²) in [6.45, 7) is 3.58. The highest BCUT2D eigenvalue weighted by molar-refractivity contribution is 6.07. The van der Waals surface area contributed by atoms with E-state index in [9.17, 15) is 18.0 Å². The van der Waals surface area contributed by atoms with Crippen LogP contribution in [-0.4, -0.2) is 53.4 Å². The maximum Gasteiger partial charge on any atom is 0.573 e. The molecule has 1 aliphatic heterocycles. The fourth-order valence-corrected chi connectivity index (χ4v) is 3.32. The second kappa shape index (κ2) is 8.38. The summed E-state index contributed by atoms with van der Waals surface area (Å²) < 4.78 is 47.1. The molecule has 0 bridgehead atoms. The number of hydrogen-bond donors (Lipinski definition) is 1. The van der Waals surface area contributed by atoms with Crippen LogP contribution < -0.4 is 10.1 Å². The Morgan fingerprint density at radius 1 is 1.19 bits per heavy atom. The first-order chi connectivity index (χ1) is 14.8. The van der Waals surface area contributed by atoms with E-state index in [1.807, 2.05) is 6.92 Å². The number of benzene rings is 1. The van der Waals surface area contributed by atoms with Gasteiger partial charge in [0.25, 0.3) is 5.91 Å². The molecule has 3 heterocycles. The summed E-state index contributed by atoms with van der Waals surface area (Å²) >= 11 is 0. The molecule has 1 fully saturated rings. The summed E-state index contributed by atoms with van der Waals surface area (Å²) in [5.74, 6) is -0.616. The van der Waals surface area contributed by atoms with Crippen LogP contribution in [-0.2, 0) is 4.74 Å². The number of aromatic nitrogens is 2. The number of nitrogens with one attached hydrogen (secondary N) is 1. The van der Waals surface area contributed by atoms with Gasteiger partial charge in [0, 0.05) is 42.1 Å². The molecule has 0 saturated carbocycles. The zero-order chi connectivity index (χ0) is 22.0. The highest BCUT2D eigenvalue weighted by Crippen LogP contribution is 2.32. The van der Waals surface area contributed by atoms with Crippen molar-refractivity contribution in [2.45, 2.75) is 13.3 Å². The van der Waals surface area contributed by atoms with Crippen LogP contribution in [0.15, 0.2) is 42.6 Å². The number of ether oxygens (including phenoxy) is 2. The summed E-state index contributed by atoms with van der Waals surface area (Å²) in [5.41, 5.74) is 2.20. The second-order valence-electron chi connectivity index (χ2n) is 6.98. The van der Waals surface area contributed by atoms with Gasteiger partial charge < -0.3 is 19.7 Å². The molecule has 1 amide bonds. The number of carbonyl (C=O) groups excluding carboxylic acids is 1. The normalized spacial score (nSPS) is 14.5. The molecule has 31 heavy (non-hydrogen) atoms. The van der Waals surface area contributed by atoms with Crippen LogP contribution >= 0.6 is 0 Å². The lowest BCUT2D eigenvalue weighted by molar-refractivity contribution is -0.274. The second-order valence-corrected chi connectivity index (χ2v) is 6.98. The molecular weight excluding hydrogens is 413 g/mol. The zero-order valence-electron chi connectivity index (χ0n) is 16.6. The lowest BCUT2D eigenvalue weighted by Crippen LogP contribution is -2.41. The number of fused-ring (bicyclic) bond motifs is 1. The van der Waals surface area contributed by atoms with Gasteiger partial charge in [0.15, 0.2) is 5.65 Å². The molecule has 162 valence electrons. The number of carbonyl (C=O) groups is 1. The Balaban J connectivity index is 1.76. The van der Waals surface area contributed by atoms with Crippen molar-refractivity contribution in [3.63, 3.8) is 0 Å². The summed E-state index contributed by atoms with van der Waals surface area (Å²) in [5, 5.41) is 3.65. The van der Waals surface area contributed by atoms with Crippen molar-refractivity contribution < 1.29 is 27.4 Å². The van der Waals surface area contributed by atoms with Gasteiger partial charge in [0.1, 0.15) is 5.75 Å². The number of anilines is 2. The van der Waals surface area contributed by atoms with Crippen LogP contribution in [0.1, 0.15) is 16.1 Å². The standard InChI is InChI=1S/C21H19F3N4O3/c1-13-5-6-16-18(27-14-3-2-4-15(11-14)31-21(22,23)24)17(12-25-19(16)26-13)20(29)28-7-9-30-10-8-28/h2-6,11-12H,7-10H2,1H3,(H,25,26,27). The van der Waals surface area contributed by atoms with E-state index < -0.39 is 6.36 Å². The molecular formula is C21H19F3N4O3. The van der Waals surface area contributed by atoms with Crippen molar-refractivity contribution in [2.75, 3.05) is 31.6 Å². The van der Waals surface area contributed by atoms with Crippen molar-refractivity contribution in [1.29, 1.82) is 0 Å². The van der Waals surface area contributed by atoms with Gasteiger partial charge in [0.05, 0.1) is 24.5 Å². The first-order valence-corrected chi connectivity index (χ1v) is 9.56. The number of pyridine rings is 2. The van der Waals surface area contributed by atoms with Gasteiger partial charge in [0.2, 0.25) is 0 Å². The number of amides is 1. The molecule has 0 radical (unpaired) electrons. The molecule has 0 spiro atoms. The molecule has 1 aromatic carbocycles. The van der Waals surface area contributed by atoms with Crippen LogP contribution in [0, 0.1) is 6.92 Å². The minimum atomic E-state index is -4.80. The lowest BCUT2D eigenvalue weighted by Gasteiger charge is -2.27. The predicted molar refractivity (Wildman–Crippen MR) is 107 cm³/mol. The lowest BCUT2D eigenvalue weighted by atomic mass is 10.1. The van der Waals surface area contributed by atoms with Gasteiger partial charge in [-0.25, -0.2) is 9.97 Å². The van der Waals surface area contributed by atoms with E-state index in [2.05, 4.69) is 20.0 Å². The SMILES string of the molecule is Cc1ccc2c(Nc3cccc(OC(F)(F)F)c3)c(C(=O)N3CCOCC3)cnc2n1. The highest BCUT2D eigenvalue weighted by atomic mass is 19.4. The molecule has 0 unspecified atom stereocenters. The zero-order valence-corrected chi connectivity index (χ0v) is 16.6. The minimum absolute atomic E-state index is 0.247. The number of aryl methyl sites for hydroxylation is 1. The van der Waals surface area contributed by atoms with Gasteiger partial charge in [-0.15, -0.1) is 13.2 Å². The van der Waals surface area contributed by atoms with E-state index in [0.29, 0.717) is 54.3 Å². The van der Waals surface area contributed by atoms with E-state index in [0.717, 1.165) is 5.69 Å². The molecule has 2 aromatic heterocycles. The monoisotopic (exact) mass is 432 g/mol. The highest BCUT2D eigenvalue weighted by Gasteiger charge is 2.31. The van der Waals surface area contributed by atoms with E-state index in [1.54, 1.807) is 23.1 Å². The molecule has 7 nitrogen and oxygen atoms in total. The average Bonchev–Trinajstić information content (AvgIpc) is 2.73. The molecule has 0 aliphatic carbocycles. The number of halogens is 3. The van der Waals surface area contributed by atoms with Crippen LogP contribution in [0.25, 0.3) is 11.0 Å². The van der Waals surface area contributed by atoms with Crippen molar-refractivity contribution in [2.24, 2.45) is 0 Å². The molecule has 0 atom stereocenters. The Morgan fingerprint density at radius 2 is 1.97 bits per heavy atom. The summed E-state index contributed by atoms with van der Waals surface area (Å²) in [6, 6.07) is 8.98. The topological polar surface area (TPSA) is 76.6 Å². The van der Waals surface area contributed by atoms with E-state index >= 15 is 0 Å².